The monoisotopic (exact) mass is 336 g/mol. The Balaban J connectivity index is 1.59. The van der Waals surface area contributed by atoms with Gasteiger partial charge in [0.2, 0.25) is 5.88 Å². The van der Waals surface area contributed by atoms with Crippen LogP contribution in [0, 0.1) is 0 Å². The molecule has 0 bridgehead atoms. The largest absolute Gasteiger partial charge is 0.508 e. The topological polar surface area (TPSA) is 109 Å². The van der Waals surface area contributed by atoms with Crippen molar-refractivity contribution in [3.05, 3.63) is 12.7 Å². The second kappa shape index (κ2) is 6.23. The van der Waals surface area contributed by atoms with Crippen molar-refractivity contribution in [1.82, 2.24) is 19.5 Å². The molecular formula is C15H20N4O5. The number of hydrogen-bond acceptors (Lipinski definition) is 8. The summed E-state index contributed by atoms with van der Waals surface area (Å²) in [5.74, 6) is -0.165. The lowest BCUT2D eigenvalue weighted by Gasteiger charge is -2.20. The van der Waals surface area contributed by atoms with Crippen LogP contribution >= 0.6 is 0 Å². The third-order valence-electron chi connectivity index (χ3n) is 3.51. The molecule has 1 aliphatic heterocycles. The minimum Gasteiger partial charge on any atom is -0.492 e. The van der Waals surface area contributed by atoms with Crippen LogP contribution in [0.4, 0.5) is 4.79 Å². The van der Waals surface area contributed by atoms with Crippen LogP contribution in [0.5, 0.6) is 5.88 Å². The van der Waals surface area contributed by atoms with Gasteiger partial charge in [-0.3, -0.25) is 4.57 Å². The first-order chi connectivity index (χ1) is 11.3. The predicted octanol–water partition coefficient (Wildman–Crippen LogP) is 2.16. The Morgan fingerprint density at radius 3 is 2.92 bits per heavy atom. The quantitative estimate of drug-likeness (QED) is 0.849. The van der Waals surface area contributed by atoms with Crippen molar-refractivity contribution in [2.24, 2.45) is 0 Å². The average molecular weight is 336 g/mol. The Morgan fingerprint density at radius 1 is 1.38 bits per heavy atom. The fourth-order valence-corrected chi connectivity index (χ4v) is 2.50. The zero-order valence-electron chi connectivity index (χ0n) is 13.8. The standard InChI is InChI=1S/C15H20N4O5/c1-15(2,3)24-14(21)22-6-9-4-5-10(23-9)19-8-18-11-12(19)16-7-17-13(11)20/h7-10H,4-6H2,1-3H3,(H,16,17,20)/t9-,10+/m0/s1. The van der Waals surface area contributed by atoms with Gasteiger partial charge in [0.15, 0.2) is 11.2 Å². The van der Waals surface area contributed by atoms with E-state index in [4.69, 9.17) is 14.2 Å². The van der Waals surface area contributed by atoms with E-state index in [0.717, 1.165) is 12.8 Å². The van der Waals surface area contributed by atoms with Crippen molar-refractivity contribution in [3.63, 3.8) is 0 Å². The van der Waals surface area contributed by atoms with Crippen molar-refractivity contribution >= 4 is 17.3 Å². The molecule has 0 amide bonds. The summed E-state index contributed by atoms with van der Waals surface area (Å²) in [6.07, 6.45) is 3.06. The van der Waals surface area contributed by atoms with Gasteiger partial charge < -0.3 is 19.3 Å². The highest BCUT2D eigenvalue weighted by Crippen LogP contribution is 2.31. The Hall–Kier alpha value is -2.42. The molecule has 0 unspecified atom stereocenters. The molecule has 1 saturated heterocycles. The lowest BCUT2D eigenvalue weighted by molar-refractivity contribution is -0.0526. The number of imidazole rings is 1. The van der Waals surface area contributed by atoms with E-state index in [9.17, 15) is 9.90 Å². The Kier molecular flexibility index (Phi) is 4.27. The van der Waals surface area contributed by atoms with Gasteiger partial charge in [-0.05, 0) is 33.6 Å². The van der Waals surface area contributed by atoms with Gasteiger partial charge in [-0.15, -0.1) is 0 Å². The molecule has 3 rings (SSSR count). The lowest BCUT2D eigenvalue weighted by Crippen LogP contribution is -2.27. The van der Waals surface area contributed by atoms with Crippen LogP contribution in [-0.2, 0) is 14.2 Å². The van der Waals surface area contributed by atoms with Crippen LogP contribution in [0.15, 0.2) is 12.7 Å². The van der Waals surface area contributed by atoms with Gasteiger partial charge >= 0.3 is 6.16 Å². The maximum atomic E-state index is 11.6. The van der Waals surface area contributed by atoms with Gasteiger partial charge in [0.1, 0.15) is 24.8 Å². The van der Waals surface area contributed by atoms with E-state index in [1.165, 1.54) is 6.33 Å². The summed E-state index contributed by atoms with van der Waals surface area (Å²) in [7, 11) is 0. The number of carbonyl (C=O) groups excluding carboxylic acids is 1. The number of rotatable bonds is 3. The molecule has 0 aromatic carbocycles. The van der Waals surface area contributed by atoms with E-state index in [1.807, 2.05) is 0 Å². The molecule has 9 nitrogen and oxygen atoms in total. The lowest BCUT2D eigenvalue weighted by atomic mass is 10.2. The van der Waals surface area contributed by atoms with E-state index in [-0.39, 0.29) is 24.8 Å². The summed E-state index contributed by atoms with van der Waals surface area (Å²) in [6.45, 7) is 5.45. The first-order valence-corrected chi connectivity index (χ1v) is 7.71. The summed E-state index contributed by atoms with van der Waals surface area (Å²) in [4.78, 5) is 23.5. The highest BCUT2D eigenvalue weighted by atomic mass is 16.7. The molecule has 1 aliphatic rings. The number of fused-ring (bicyclic) bond motifs is 1. The minimum atomic E-state index is -0.708. The van der Waals surface area contributed by atoms with E-state index >= 15 is 0 Å². The summed E-state index contributed by atoms with van der Waals surface area (Å²) in [5, 5.41) is 9.68. The summed E-state index contributed by atoms with van der Waals surface area (Å²) in [6, 6.07) is 0. The SMILES string of the molecule is CC(C)(C)OC(=O)OC[C@@H]1CC[C@H](n2cnc3c(O)ncnc32)O1. The average Bonchev–Trinajstić information content (AvgIpc) is 3.10. The molecule has 0 aliphatic carbocycles. The fourth-order valence-electron chi connectivity index (χ4n) is 2.50. The zero-order valence-corrected chi connectivity index (χ0v) is 13.8. The highest BCUT2D eigenvalue weighted by molar-refractivity contribution is 5.75. The van der Waals surface area contributed by atoms with Crippen molar-refractivity contribution in [2.75, 3.05) is 6.61 Å². The van der Waals surface area contributed by atoms with Gasteiger partial charge in [-0.25, -0.2) is 14.8 Å². The van der Waals surface area contributed by atoms with Gasteiger partial charge in [0, 0.05) is 0 Å². The van der Waals surface area contributed by atoms with Crippen molar-refractivity contribution in [2.45, 2.75) is 51.5 Å². The molecular weight excluding hydrogens is 316 g/mol. The number of ether oxygens (including phenoxy) is 3. The molecule has 1 N–H and O–H groups in total. The van der Waals surface area contributed by atoms with Crippen molar-refractivity contribution in [3.8, 4) is 5.88 Å². The Bertz CT molecular complexity index is 739. The summed E-state index contributed by atoms with van der Waals surface area (Å²) < 4.78 is 17.8. The van der Waals surface area contributed by atoms with Gasteiger partial charge in [0.25, 0.3) is 0 Å². The van der Waals surface area contributed by atoms with E-state index in [2.05, 4.69) is 15.0 Å². The maximum absolute atomic E-state index is 11.6. The summed E-state index contributed by atoms with van der Waals surface area (Å²) in [5.41, 5.74) is 0.240. The highest BCUT2D eigenvalue weighted by Gasteiger charge is 2.30. The first kappa shape index (κ1) is 16.4. The normalized spacial score (nSPS) is 21.1. The molecule has 130 valence electrons. The van der Waals surface area contributed by atoms with Gasteiger partial charge in [-0.2, -0.15) is 4.98 Å². The number of hydrogen-bond donors (Lipinski definition) is 1. The molecule has 9 heteroatoms. The Labute approximate surface area is 138 Å². The van der Waals surface area contributed by atoms with E-state index in [1.54, 1.807) is 31.7 Å². The maximum Gasteiger partial charge on any atom is 0.508 e. The number of carbonyl (C=O) groups is 1. The predicted molar refractivity (Wildman–Crippen MR) is 82.3 cm³/mol. The third-order valence-corrected chi connectivity index (χ3v) is 3.51. The first-order valence-electron chi connectivity index (χ1n) is 7.71. The van der Waals surface area contributed by atoms with E-state index in [0.29, 0.717) is 11.2 Å². The minimum absolute atomic E-state index is 0.123. The van der Waals surface area contributed by atoms with Crippen molar-refractivity contribution < 1.29 is 24.1 Å². The molecule has 2 atom stereocenters. The summed E-state index contributed by atoms with van der Waals surface area (Å²) >= 11 is 0. The zero-order chi connectivity index (χ0) is 17.3. The third kappa shape index (κ3) is 3.56. The number of nitrogens with zero attached hydrogens (tertiary/aromatic N) is 4. The van der Waals surface area contributed by atoms with E-state index < -0.39 is 11.8 Å². The number of aromatic nitrogens is 4. The molecule has 0 spiro atoms. The molecule has 24 heavy (non-hydrogen) atoms. The molecule has 0 saturated carbocycles. The van der Waals surface area contributed by atoms with Crippen LogP contribution in [0.25, 0.3) is 11.2 Å². The molecule has 2 aromatic heterocycles. The molecule has 1 fully saturated rings. The molecule has 3 heterocycles. The second-order valence-corrected chi connectivity index (χ2v) is 6.59. The van der Waals surface area contributed by atoms with Crippen LogP contribution in [0.1, 0.15) is 39.8 Å². The molecule has 2 aromatic rings. The van der Waals surface area contributed by atoms with Crippen LogP contribution in [0.2, 0.25) is 0 Å². The van der Waals surface area contributed by atoms with Crippen LogP contribution in [-0.4, -0.2) is 49.1 Å². The second-order valence-electron chi connectivity index (χ2n) is 6.59. The van der Waals surface area contributed by atoms with Crippen LogP contribution < -0.4 is 0 Å². The fraction of sp³-hybridized carbons (Fsp3) is 0.600. The van der Waals surface area contributed by atoms with Gasteiger partial charge in [0.05, 0.1) is 12.4 Å². The van der Waals surface area contributed by atoms with Crippen molar-refractivity contribution in [1.29, 1.82) is 0 Å². The Morgan fingerprint density at radius 2 is 2.17 bits per heavy atom. The smallest absolute Gasteiger partial charge is 0.492 e. The van der Waals surface area contributed by atoms with Crippen LogP contribution in [0.3, 0.4) is 0 Å². The number of aromatic hydroxyl groups is 1. The van der Waals surface area contributed by atoms with Gasteiger partial charge in [-0.1, -0.05) is 0 Å². The molecule has 0 radical (unpaired) electrons.